The number of hydrogen-bond donors (Lipinski definition) is 1. The third kappa shape index (κ3) is 3.02. The first-order chi connectivity index (χ1) is 9.09. The summed E-state index contributed by atoms with van der Waals surface area (Å²) in [4.78, 5) is 12.3. The van der Waals surface area contributed by atoms with Gasteiger partial charge in [0.2, 0.25) is 0 Å². The molecule has 0 saturated carbocycles. The summed E-state index contributed by atoms with van der Waals surface area (Å²) in [6.07, 6.45) is 0. The second-order valence-electron chi connectivity index (χ2n) is 4.99. The number of carbonyl (C=O) groups excluding carboxylic acids is 1. The van der Waals surface area contributed by atoms with E-state index in [0.29, 0.717) is 5.92 Å². The summed E-state index contributed by atoms with van der Waals surface area (Å²) in [6.45, 7) is 6.29. The number of para-hydroxylation sites is 1. The molecule has 98 valence electrons. The van der Waals surface area contributed by atoms with Crippen LogP contribution in [0.4, 0.5) is 5.69 Å². The Balaban J connectivity index is 2.27. The number of amides is 1. The van der Waals surface area contributed by atoms with Gasteiger partial charge in [-0.25, -0.2) is 0 Å². The van der Waals surface area contributed by atoms with Gasteiger partial charge in [0, 0.05) is 11.3 Å². The van der Waals surface area contributed by atoms with Gasteiger partial charge in [-0.2, -0.15) is 0 Å². The minimum atomic E-state index is -0.0498. The molecule has 0 aliphatic rings. The summed E-state index contributed by atoms with van der Waals surface area (Å²) >= 11 is 0. The van der Waals surface area contributed by atoms with Gasteiger partial charge in [-0.3, -0.25) is 4.79 Å². The molecule has 2 nitrogen and oxygen atoms in total. The first kappa shape index (κ1) is 13.3. The SMILES string of the molecule is Cc1c(C(=O)Nc2ccccc2)cccc1C(C)C. The van der Waals surface area contributed by atoms with Gasteiger partial charge in [0.1, 0.15) is 0 Å². The second kappa shape index (κ2) is 5.70. The summed E-state index contributed by atoms with van der Waals surface area (Å²) in [5, 5.41) is 2.93. The highest BCUT2D eigenvalue weighted by Crippen LogP contribution is 2.22. The molecule has 0 heterocycles. The average molecular weight is 253 g/mol. The van der Waals surface area contributed by atoms with Crippen LogP contribution in [0.1, 0.15) is 41.3 Å². The Kier molecular flexibility index (Phi) is 4.00. The molecule has 2 rings (SSSR count). The van der Waals surface area contributed by atoms with Crippen molar-refractivity contribution < 1.29 is 4.79 Å². The second-order valence-corrected chi connectivity index (χ2v) is 4.99. The minimum Gasteiger partial charge on any atom is -0.322 e. The molecule has 0 bridgehead atoms. The average Bonchev–Trinajstić information content (AvgIpc) is 2.39. The standard InChI is InChI=1S/C17H19NO/c1-12(2)15-10-7-11-16(13(15)3)17(19)18-14-8-5-4-6-9-14/h4-12H,1-3H3,(H,18,19). The topological polar surface area (TPSA) is 29.1 Å². The fraction of sp³-hybridized carbons (Fsp3) is 0.235. The molecule has 0 fully saturated rings. The number of hydrogen-bond acceptors (Lipinski definition) is 1. The number of anilines is 1. The van der Waals surface area contributed by atoms with E-state index >= 15 is 0 Å². The quantitative estimate of drug-likeness (QED) is 0.864. The fourth-order valence-electron chi connectivity index (χ4n) is 2.24. The highest BCUT2D eigenvalue weighted by atomic mass is 16.1. The summed E-state index contributed by atoms with van der Waals surface area (Å²) in [6, 6.07) is 15.4. The van der Waals surface area contributed by atoms with Crippen LogP contribution in [0.2, 0.25) is 0 Å². The molecule has 0 aliphatic carbocycles. The van der Waals surface area contributed by atoms with Crippen molar-refractivity contribution in [3.8, 4) is 0 Å². The summed E-state index contributed by atoms with van der Waals surface area (Å²) in [5.41, 5.74) is 3.85. The van der Waals surface area contributed by atoms with Crippen LogP contribution in [0.25, 0.3) is 0 Å². The highest BCUT2D eigenvalue weighted by molar-refractivity contribution is 6.05. The molecular weight excluding hydrogens is 234 g/mol. The van der Waals surface area contributed by atoms with Gasteiger partial charge >= 0.3 is 0 Å². The Morgan fingerprint density at radius 1 is 1.00 bits per heavy atom. The van der Waals surface area contributed by atoms with E-state index in [1.54, 1.807) is 0 Å². The lowest BCUT2D eigenvalue weighted by atomic mass is 9.94. The molecule has 2 heteroatoms. The van der Waals surface area contributed by atoms with Crippen molar-refractivity contribution in [2.24, 2.45) is 0 Å². The van der Waals surface area contributed by atoms with E-state index in [2.05, 4.69) is 25.2 Å². The molecule has 19 heavy (non-hydrogen) atoms. The first-order valence-corrected chi connectivity index (χ1v) is 6.55. The number of benzene rings is 2. The van der Waals surface area contributed by atoms with Gasteiger partial charge in [0.15, 0.2) is 0 Å². The van der Waals surface area contributed by atoms with E-state index in [-0.39, 0.29) is 5.91 Å². The summed E-state index contributed by atoms with van der Waals surface area (Å²) < 4.78 is 0. The van der Waals surface area contributed by atoms with E-state index in [0.717, 1.165) is 16.8 Å². The Morgan fingerprint density at radius 2 is 1.68 bits per heavy atom. The molecule has 2 aromatic carbocycles. The van der Waals surface area contributed by atoms with Crippen molar-refractivity contribution in [3.05, 3.63) is 65.2 Å². The van der Waals surface area contributed by atoms with Crippen molar-refractivity contribution >= 4 is 11.6 Å². The lowest BCUT2D eigenvalue weighted by molar-refractivity contribution is 0.102. The van der Waals surface area contributed by atoms with Gasteiger partial charge in [-0.05, 0) is 42.2 Å². The van der Waals surface area contributed by atoms with Gasteiger partial charge < -0.3 is 5.32 Å². The van der Waals surface area contributed by atoms with Crippen molar-refractivity contribution in [1.29, 1.82) is 0 Å². The Morgan fingerprint density at radius 3 is 2.32 bits per heavy atom. The maximum absolute atomic E-state index is 12.3. The Labute approximate surface area is 114 Å². The third-order valence-electron chi connectivity index (χ3n) is 3.27. The van der Waals surface area contributed by atoms with Crippen LogP contribution in [0.5, 0.6) is 0 Å². The molecule has 0 aromatic heterocycles. The predicted molar refractivity (Wildman–Crippen MR) is 79.7 cm³/mol. The zero-order valence-electron chi connectivity index (χ0n) is 11.6. The Bertz CT molecular complexity index is 573. The lowest BCUT2D eigenvalue weighted by Crippen LogP contribution is -2.14. The predicted octanol–water partition coefficient (Wildman–Crippen LogP) is 4.37. The van der Waals surface area contributed by atoms with Crippen LogP contribution < -0.4 is 5.32 Å². The molecule has 0 spiro atoms. The maximum atomic E-state index is 12.3. The minimum absolute atomic E-state index is 0.0498. The third-order valence-corrected chi connectivity index (χ3v) is 3.27. The van der Waals surface area contributed by atoms with Crippen LogP contribution in [-0.2, 0) is 0 Å². The number of nitrogens with one attached hydrogen (secondary N) is 1. The Hall–Kier alpha value is -2.09. The summed E-state index contributed by atoms with van der Waals surface area (Å²) in [5.74, 6) is 0.371. The lowest BCUT2D eigenvalue weighted by Gasteiger charge is -2.14. The zero-order chi connectivity index (χ0) is 13.8. The van der Waals surface area contributed by atoms with Gasteiger partial charge in [-0.1, -0.05) is 44.2 Å². The maximum Gasteiger partial charge on any atom is 0.255 e. The first-order valence-electron chi connectivity index (χ1n) is 6.55. The molecule has 0 unspecified atom stereocenters. The van der Waals surface area contributed by atoms with Gasteiger partial charge in [0.05, 0.1) is 0 Å². The molecule has 2 aromatic rings. The molecule has 0 atom stereocenters. The fourth-order valence-corrected chi connectivity index (χ4v) is 2.24. The van der Waals surface area contributed by atoms with Crippen LogP contribution in [0, 0.1) is 6.92 Å². The van der Waals surface area contributed by atoms with Crippen LogP contribution in [-0.4, -0.2) is 5.91 Å². The molecular formula is C17H19NO. The van der Waals surface area contributed by atoms with Gasteiger partial charge in [0.25, 0.3) is 5.91 Å². The number of rotatable bonds is 3. The molecule has 0 radical (unpaired) electrons. The largest absolute Gasteiger partial charge is 0.322 e. The van der Waals surface area contributed by atoms with Crippen molar-refractivity contribution in [1.82, 2.24) is 0 Å². The molecule has 0 aliphatic heterocycles. The smallest absolute Gasteiger partial charge is 0.255 e. The number of carbonyl (C=O) groups is 1. The highest BCUT2D eigenvalue weighted by Gasteiger charge is 2.13. The van der Waals surface area contributed by atoms with Crippen molar-refractivity contribution in [2.75, 3.05) is 5.32 Å². The van der Waals surface area contributed by atoms with Crippen LogP contribution in [0.3, 0.4) is 0 Å². The zero-order valence-corrected chi connectivity index (χ0v) is 11.6. The van der Waals surface area contributed by atoms with Crippen molar-refractivity contribution in [3.63, 3.8) is 0 Å². The van der Waals surface area contributed by atoms with Crippen molar-refractivity contribution in [2.45, 2.75) is 26.7 Å². The summed E-state index contributed by atoms with van der Waals surface area (Å²) in [7, 11) is 0. The van der Waals surface area contributed by atoms with Crippen LogP contribution in [0.15, 0.2) is 48.5 Å². The van der Waals surface area contributed by atoms with E-state index in [4.69, 9.17) is 0 Å². The van der Waals surface area contributed by atoms with E-state index in [9.17, 15) is 4.79 Å². The van der Waals surface area contributed by atoms with Gasteiger partial charge in [-0.15, -0.1) is 0 Å². The molecule has 1 N–H and O–H groups in total. The molecule has 0 saturated heterocycles. The van der Waals surface area contributed by atoms with Crippen LogP contribution >= 0.6 is 0 Å². The van der Waals surface area contributed by atoms with E-state index in [1.807, 2.05) is 49.4 Å². The van der Waals surface area contributed by atoms with E-state index < -0.39 is 0 Å². The molecule has 1 amide bonds. The van der Waals surface area contributed by atoms with E-state index in [1.165, 1.54) is 5.56 Å². The monoisotopic (exact) mass is 253 g/mol. The normalized spacial score (nSPS) is 10.5.